The summed E-state index contributed by atoms with van der Waals surface area (Å²) < 4.78 is -1.59. The van der Waals surface area contributed by atoms with Crippen LogP contribution >= 0.6 is 34.8 Å². The van der Waals surface area contributed by atoms with Gasteiger partial charge in [-0.25, -0.2) is 0 Å². The zero-order valence-electron chi connectivity index (χ0n) is 8.15. The lowest BCUT2D eigenvalue weighted by Crippen LogP contribution is -2.35. The number of unbranched alkanes of at least 4 members (excludes halogenated alkanes) is 1. The quantitative estimate of drug-likeness (QED) is 0.741. The van der Waals surface area contributed by atoms with Gasteiger partial charge in [-0.05, 0) is 20.3 Å². The summed E-state index contributed by atoms with van der Waals surface area (Å²) in [6, 6.07) is 0. The standard InChI is InChI=1S/C4H7Cl3O.C4H10O/c1-3(2,8)4(5,6)7;1-2-3-4-5/h8H,1-2H3;5H,2-4H2,1H3. The Morgan fingerprint density at radius 3 is 1.46 bits per heavy atom. The molecule has 0 rings (SSSR count). The highest BCUT2D eigenvalue weighted by Crippen LogP contribution is 2.37. The van der Waals surface area contributed by atoms with Crippen LogP contribution in [0.25, 0.3) is 0 Å². The number of aliphatic hydroxyl groups excluding tert-OH is 1. The van der Waals surface area contributed by atoms with Crippen molar-refractivity contribution in [1.82, 2.24) is 0 Å². The fraction of sp³-hybridized carbons (Fsp3) is 1.00. The average molecular weight is 252 g/mol. The molecule has 0 radical (unpaired) electrons. The van der Waals surface area contributed by atoms with Gasteiger partial charge in [-0.15, -0.1) is 0 Å². The molecule has 0 aliphatic rings. The molecular weight excluding hydrogens is 234 g/mol. The Kier molecular flexibility index (Phi) is 8.90. The summed E-state index contributed by atoms with van der Waals surface area (Å²) in [5.41, 5.74) is -1.27. The minimum Gasteiger partial charge on any atom is -0.396 e. The minimum atomic E-state index is -1.59. The second-order valence-corrected chi connectivity index (χ2v) is 5.42. The summed E-state index contributed by atoms with van der Waals surface area (Å²) >= 11 is 15.9. The molecule has 0 aliphatic heterocycles. The molecule has 2 N–H and O–H groups in total. The molecule has 0 bridgehead atoms. The van der Waals surface area contributed by atoms with E-state index < -0.39 is 9.39 Å². The molecule has 2 nitrogen and oxygen atoms in total. The van der Waals surface area contributed by atoms with E-state index in [0.717, 1.165) is 12.8 Å². The largest absolute Gasteiger partial charge is 0.396 e. The molecule has 0 aliphatic carbocycles. The van der Waals surface area contributed by atoms with Crippen LogP contribution in [-0.2, 0) is 0 Å². The van der Waals surface area contributed by atoms with Crippen molar-refractivity contribution in [3.8, 4) is 0 Å². The lowest BCUT2D eigenvalue weighted by atomic mass is 10.2. The van der Waals surface area contributed by atoms with Crippen LogP contribution in [0.2, 0.25) is 0 Å². The predicted octanol–water partition coefficient (Wildman–Crippen LogP) is 2.91. The van der Waals surface area contributed by atoms with Crippen LogP contribution in [-0.4, -0.2) is 26.2 Å². The smallest absolute Gasteiger partial charge is 0.218 e. The van der Waals surface area contributed by atoms with Crippen LogP contribution in [0.3, 0.4) is 0 Å². The number of hydrogen-bond donors (Lipinski definition) is 2. The van der Waals surface area contributed by atoms with Crippen molar-refractivity contribution in [1.29, 1.82) is 0 Å². The molecule has 0 atom stereocenters. The second-order valence-electron chi connectivity index (χ2n) is 3.13. The van der Waals surface area contributed by atoms with Crippen molar-refractivity contribution < 1.29 is 10.2 Å². The van der Waals surface area contributed by atoms with Crippen molar-refractivity contribution in [3.05, 3.63) is 0 Å². The highest BCUT2D eigenvalue weighted by molar-refractivity contribution is 6.68. The van der Waals surface area contributed by atoms with Crippen LogP contribution in [0.4, 0.5) is 0 Å². The molecule has 0 aromatic rings. The van der Waals surface area contributed by atoms with Crippen molar-refractivity contribution in [2.24, 2.45) is 0 Å². The topological polar surface area (TPSA) is 40.5 Å². The Labute approximate surface area is 94.8 Å². The molecule has 0 amide bonds. The maximum absolute atomic E-state index is 8.96. The van der Waals surface area contributed by atoms with Crippen molar-refractivity contribution in [2.75, 3.05) is 6.61 Å². The first-order chi connectivity index (χ1) is 5.66. The molecule has 0 saturated carbocycles. The van der Waals surface area contributed by atoms with Crippen molar-refractivity contribution in [2.45, 2.75) is 43.0 Å². The van der Waals surface area contributed by atoms with E-state index in [1.165, 1.54) is 13.8 Å². The molecular formula is C8H17Cl3O2. The summed E-state index contributed by atoms with van der Waals surface area (Å²) in [5, 5.41) is 17.0. The Morgan fingerprint density at radius 2 is 1.46 bits per heavy atom. The lowest BCUT2D eigenvalue weighted by molar-refractivity contribution is 0.0847. The molecule has 13 heavy (non-hydrogen) atoms. The first-order valence-electron chi connectivity index (χ1n) is 4.06. The number of halogens is 3. The monoisotopic (exact) mass is 250 g/mol. The third-order valence-corrected chi connectivity index (χ3v) is 2.59. The molecule has 0 aromatic heterocycles. The van der Waals surface area contributed by atoms with E-state index in [2.05, 4.69) is 6.92 Å². The fourth-order valence-corrected chi connectivity index (χ4v) is 0.158. The van der Waals surface area contributed by atoms with Gasteiger partial charge in [-0.2, -0.15) is 0 Å². The Morgan fingerprint density at radius 1 is 1.15 bits per heavy atom. The van der Waals surface area contributed by atoms with Gasteiger partial charge < -0.3 is 10.2 Å². The third kappa shape index (κ3) is 10.7. The van der Waals surface area contributed by atoms with Gasteiger partial charge >= 0.3 is 0 Å². The van der Waals surface area contributed by atoms with Gasteiger partial charge in [0.25, 0.3) is 0 Å². The average Bonchev–Trinajstić information content (AvgIpc) is 1.85. The van der Waals surface area contributed by atoms with Crippen molar-refractivity contribution >= 4 is 34.8 Å². The van der Waals surface area contributed by atoms with Crippen molar-refractivity contribution in [3.63, 3.8) is 0 Å². The van der Waals surface area contributed by atoms with Gasteiger partial charge in [0.05, 0.1) is 0 Å². The first kappa shape index (κ1) is 16.2. The SMILES string of the molecule is CC(C)(O)C(Cl)(Cl)Cl.CCCCO. The van der Waals surface area contributed by atoms with E-state index >= 15 is 0 Å². The van der Waals surface area contributed by atoms with Gasteiger partial charge in [0.15, 0.2) is 0 Å². The molecule has 0 heterocycles. The molecule has 0 fully saturated rings. The Balaban J connectivity index is 0. The molecule has 82 valence electrons. The van der Waals surface area contributed by atoms with Gasteiger partial charge in [0.2, 0.25) is 3.79 Å². The van der Waals surface area contributed by atoms with Gasteiger partial charge in [-0.1, -0.05) is 48.1 Å². The van der Waals surface area contributed by atoms with Gasteiger partial charge in [0.1, 0.15) is 5.60 Å². The van der Waals surface area contributed by atoms with Crippen LogP contribution in [0.1, 0.15) is 33.6 Å². The number of hydrogen-bond acceptors (Lipinski definition) is 2. The minimum absolute atomic E-state index is 0.344. The van der Waals surface area contributed by atoms with Crippen LogP contribution in [0.15, 0.2) is 0 Å². The third-order valence-electron chi connectivity index (χ3n) is 1.21. The maximum Gasteiger partial charge on any atom is 0.218 e. The summed E-state index contributed by atoms with van der Waals surface area (Å²) in [4.78, 5) is 0. The van der Waals surface area contributed by atoms with Gasteiger partial charge in [0, 0.05) is 6.61 Å². The summed E-state index contributed by atoms with van der Waals surface area (Å²) in [6.07, 6.45) is 2.04. The van der Waals surface area contributed by atoms with E-state index in [4.69, 9.17) is 45.0 Å². The second kappa shape index (κ2) is 7.13. The van der Waals surface area contributed by atoms with E-state index in [1.807, 2.05) is 0 Å². The summed E-state index contributed by atoms with van der Waals surface area (Å²) in [6.45, 7) is 5.26. The Hall–Kier alpha value is 0.790. The van der Waals surface area contributed by atoms with E-state index in [9.17, 15) is 0 Å². The molecule has 5 heteroatoms. The lowest BCUT2D eigenvalue weighted by Gasteiger charge is -2.25. The molecule has 0 aromatic carbocycles. The van der Waals surface area contributed by atoms with E-state index in [1.54, 1.807) is 0 Å². The van der Waals surface area contributed by atoms with Gasteiger partial charge in [-0.3, -0.25) is 0 Å². The number of alkyl halides is 3. The highest BCUT2D eigenvalue weighted by atomic mass is 35.6. The van der Waals surface area contributed by atoms with Crippen LogP contribution in [0, 0.1) is 0 Å². The predicted molar refractivity (Wildman–Crippen MR) is 58.6 cm³/mol. The van der Waals surface area contributed by atoms with Crippen LogP contribution < -0.4 is 0 Å². The molecule has 0 unspecified atom stereocenters. The highest BCUT2D eigenvalue weighted by Gasteiger charge is 2.38. The van der Waals surface area contributed by atoms with Crippen LogP contribution in [0.5, 0.6) is 0 Å². The zero-order chi connectivity index (χ0) is 11.1. The van der Waals surface area contributed by atoms with E-state index in [-0.39, 0.29) is 0 Å². The van der Waals surface area contributed by atoms with E-state index in [0.29, 0.717) is 6.61 Å². The number of aliphatic hydroxyl groups is 2. The fourth-order valence-electron chi connectivity index (χ4n) is 0.158. The Bertz CT molecular complexity index is 102. The summed E-state index contributed by atoms with van der Waals surface area (Å²) in [7, 11) is 0. The summed E-state index contributed by atoms with van der Waals surface area (Å²) in [5.74, 6) is 0. The molecule has 0 spiro atoms. The number of rotatable bonds is 2. The first-order valence-corrected chi connectivity index (χ1v) is 5.20. The maximum atomic E-state index is 8.96. The molecule has 0 saturated heterocycles. The normalized spacial score (nSPS) is 12.0. The zero-order valence-corrected chi connectivity index (χ0v) is 10.4.